The Kier molecular flexibility index (Phi) is 5.37. The van der Waals surface area contributed by atoms with Crippen molar-refractivity contribution in [1.29, 1.82) is 0 Å². The van der Waals surface area contributed by atoms with E-state index in [9.17, 15) is 9.90 Å². The van der Waals surface area contributed by atoms with Crippen molar-refractivity contribution < 1.29 is 9.90 Å². The van der Waals surface area contributed by atoms with Gasteiger partial charge >= 0.3 is 5.91 Å². The second-order valence-corrected chi connectivity index (χ2v) is 5.17. The Morgan fingerprint density at radius 2 is 1.95 bits per heavy atom. The summed E-state index contributed by atoms with van der Waals surface area (Å²) in [5, 5.41) is 16.9. The van der Waals surface area contributed by atoms with Gasteiger partial charge in [0.15, 0.2) is 0 Å². The van der Waals surface area contributed by atoms with Crippen LogP contribution in [0.4, 0.5) is 0 Å². The Morgan fingerprint density at radius 1 is 1.19 bits per heavy atom. The van der Waals surface area contributed by atoms with Gasteiger partial charge in [0.2, 0.25) is 10.0 Å². The number of carbonyl (C=O) groups excluding carboxylic acids is 1. The summed E-state index contributed by atoms with van der Waals surface area (Å²) in [6.45, 7) is 0.450. The molecule has 106 valence electrons. The van der Waals surface area contributed by atoms with E-state index in [-0.39, 0.29) is 11.3 Å². The fourth-order valence-electron chi connectivity index (χ4n) is 1.67. The van der Waals surface area contributed by atoms with Crippen molar-refractivity contribution in [1.82, 2.24) is 4.91 Å². The van der Waals surface area contributed by atoms with E-state index < -0.39 is 5.91 Å². The Hall–Kier alpha value is -2.30. The van der Waals surface area contributed by atoms with Gasteiger partial charge in [-0.3, -0.25) is 4.79 Å². The minimum absolute atomic E-state index is 0.0892. The molecule has 6 heteroatoms. The monoisotopic (exact) mass is 346 g/mol. The molecule has 0 unspecified atom stereocenters. The van der Waals surface area contributed by atoms with Gasteiger partial charge in [0.25, 0.3) is 0 Å². The molecule has 21 heavy (non-hydrogen) atoms. The van der Waals surface area contributed by atoms with Gasteiger partial charge < -0.3 is 5.11 Å². The van der Waals surface area contributed by atoms with Crippen molar-refractivity contribution in [3.8, 4) is 5.75 Å². The van der Waals surface area contributed by atoms with Crippen LogP contribution in [0.15, 0.2) is 63.2 Å². The zero-order valence-electron chi connectivity index (χ0n) is 11.1. The molecular formula is C15H13BrN3O2+. The molecule has 0 fully saturated rings. The number of benzene rings is 2. The first kappa shape index (κ1) is 15.1. The highest BCUT2D eigenvalue weighted by Gasteiger charge is 2.15. The van der Waals surface area contributed by atoms with Gasteiger partial charge in [-0.1, -0.05) is 46.3 Å². The first-order chi connectivity index (χ1) is 10.2. The zero-order valence-corrected chi connectivity index (χ0v) is 12.7. The smallest absolute Gasteiger partial charge is 0.364 e. The van der Waals surface area contributed by atoms with Gasteiger partial charge in [-0.05, 0) is 30.2 Å². The van der Waals surface area contributed by atoms with Gasteiger partial charge in [0.05, 0.1) is 5.56 Å². The van der Waals surface area contributed by atoms with Crippen LogP contribution >= 0.6 is 15.9 Å². The van der Waals surface area contributed by atoms with Crippen LogP contribution in [0.5, 0.6) is 5.75 Å². The summed E-state index contributed by atoms with van der Waals surface area (Å²) < 4.78 is 0.680. The number of halogens is 1. The normalized spacial score (nSPS) is 9.76. The standard InChI is InChI=1S/C15H12BrN3O2/c16-12-6-7-14(20)13(10-12)15(21)18-19-17-9-8-11-4-2-1-3-5-11/h1-7,10H,8-9H2/p+1. The summed E-state index contributed by atoms with van der Waals surface area (Å²) in [7, 11) is 0. The summed E-state index contributed by atoms with van der Waals surface area (Å²) in [5.41, 5.74) is 1.23. The lowest BCUT2D eigenvalue weighted by molar-refractivity contribution is 0.0990. The van der Waals surface area contributed by atoms with Crippen molar-refractivity contribution in [2.75, 3.05) is 6.54 Å². The predicted octanol–water partition coefficient (Wildman–Crippen LogP) is 3.51. The lowest BCUT2D eigenvalue weighted by Crippen LogP contribution is -1.96. The Balaban J connectivity index is 1.95. The van der Waals surface area contributed by atoms with Gasteiger partial charge in [0.1, 0.15) is 17.4 Å². The number of nitrogens with zero attached hydrogens (tertiary/aromatic N) is 3. The third-order valence-corrected chi connectivity index (χ3v) is 3.22. The topological polar surface area (TPSA) is 76.1 Å². The maximum Gasteiger partial charge on any atom is 0.364 e. The Bertz CT molecular complexity index is 695. The summed E-state index contributed by atoms with van der Waals surface area (Å²) in [6, 6.07) is 14.4. The molecule has 1 N–H and O–H groups in total. The fourth-order valence-corrected chi connectivity index (χ4v) is 2.04. The van der Waals surface area contributed by atoms with Gasteiger partial charge in [0, 0.05) is 4.47 Å². The van der Waals surface area contributed by atoms with E-state index in [4.69, 9.17) is 0 Å². The first-order valence-corrected chi connectivity index (χ1v) is 7.10. The summed E-state index contributed by atoms with van der Waals surface area (Å²) in [6.07, 6.45) is 0.732. The largest absolute Gasteiger partial charge is 0.507 e. The minimum atomic E-state index is -0.628. The molecule has 2 rings (SSSR count). The molecular weight excluding hydrogens is 334 g/mol. The van der Waals surface area contributed by atoms with Crippen LogP contribution in [-0.2, 0) is 6.42 Å². The lowest BCUT2D eigenvalue weighted by atomic mass is 10.2. The molecule has 1 amide bonds. The number of carbonyl (C=O) groups is 1. The van der Waals surface area contributed by atoms with Crippen LogP contribution in [0.3, 0.4) is 0 Å². The highest BCUT2D eigenvalue weighted by Crippen LogP contribution is 2.22. The number of hydrogen-bond donors (Lipinski definition) is 1. The molecule has 0 spiro atoms. The summed E-state index contributed by atoms with van der Waals surface area (Å²) in [5.74, 6) is -0.760. The molecule has 0 atom stereocenters. The third kappa shape index (κ3) is 4.63. The van der Waals surface area contributed by atoms with Crippen LogP contribution in [0, 0.1) is 0 Å². The molecule has 5 nitrogen and oxygen atoms in total. The van der Waals surface area contributed by atoms with E-state index in [0.717, 1.165) is 12.0 Å². The van der Waals surface area contributed by atoms with Crippen molar-refractivity contribution in [2.45, 2.75) is 6.42 Å². The van der Waals surface area contributed by atoms with Gasteiger partial charge in [-0.15, -0.1) is 0 Å². The van der Waals surface area contributed by atoms with Crippen molar-refractivity contribution in [3.05, 3.63) is 64.1 Å². The Labute approximate surface area is 130 Å². The molecule has 0 radical (unpaired) electrons. The van der Waals surface area contributed by atoms with Gasteiger partial charge in [-0.2, -0.15) is 0 Å². The third-order valence-electron chi connectivity index (χ3n) is 2.73. The highest BCUT2D eigenvalue weighted by molar-refractivity contribution is 9.10. The van der Waals surface area contributed by atoms with E-state index in [1.807, 2.05) is 30.3 Å². The number of amides is 1. The number of phenols is 1. The molecule has 0 saturated carbocycles. The summed E-state index contributed by atoms with van der Waals surface area (Å²) >= 11 is 3.22. The number of rotatable bonds is 4. The molecule has 0 heterocycles. The molecule has 2 aromatic rings. The second kappa shape index (κ2) is 7.47. The lowest BCUT2D eigenvalue weighted by Gasteiger charge is -1.96. The summed E-state index contributed by atoms with van der Waals surface area (Å²) in [4.78, 5) is 15.3. The van der Waals surface area contributed by atoms with Crippen LogP contribution in [-0.4, -0.2) is 17.6 Å². The van der Waals surface area contributed by atoms with Crippen molar-refractivity contribution in [3.63, 3.8) is 0 Å². The maximum absolute atomic E-state index is 11.7. The molecule has 2 aromatic carbocycles. The second-order valence-electron chi connectivity index (χ2n) is 4.26. The average molecular weight is 347 g/mol. The van der Waals surface area contributed by atoms with Crippen LogP contribution in [0.25, 0.3) is 0 Å². The predicted molar refractivity (Wildman–Crippen MR) is 82.1 cm³/mol. The minimum Gasteiger partial charge on any atom is -0.507 e. The quantitative estimate of drug-likeness (QED) is 0.679. The van der Waals surface area contributed by atoms with E-state index in [1.165, 1.54) is 12.1 Å². The van der Waals surface area contributed by atoms with E-state index >= 15 is 0 Å². The zero-order chi connectivity index (χ0) is 15.1. The van der Waals surface area contributed by atoms with Crippen LogP contribution in [0.2, 0.25) is 0 Å². The fraction of sp³-hybridized carbons (Fsp3) is 0.133. The molecule has 0 aliphatic heterocycles. The van der Waals surface area contributed by atoms with Crippen molar-refractivity contribution >= 4 is 21.8 Å². The molecule has 0 saturated heterocycles. The molecule has 0 bridgehead atoms. The average Bonchev–Trinajstić information content (AvgIpc) is 2.50. The van der Waals surface area contributed by atoms with Gasteiger partial charge in [-0.25, -0.2) is 0 Å². The van der Waals surface area contributed by atoms with E-state index in [2.05, 4.69) is 31.1 Å². The Morgan fingerprint density at radius 3 is 2.71 bits per heavy atom. The highest BCUT2D eigenvalue weighted by atomic mass is 79.9. The van der Waals surface area contributed by atoms with Crippen LogP contribution in [0.1, 0.15) is 15.9 Å². The SMILES string of the molecule is O=C(N=[N+]=NCCc1ccccc1)c1cc(Br)ccc1O. The number of phenolic OH excluding ortho intramolecular Hbond substituents is 1. The molecule has 0 aliphatic rings. The number of hydrogen-bond acceptors (Lipinski definition) is 3. The first-order valence-electron chi connectivity index (χ1n) is 6.31. The van der Waals surface area contributed by atoms with Crippen molar-refractivity contribution in [2.24, 2.45) is 10.2 Å². The molecule has 0 aliphatic carbocycles. The van der Waals surface area contributed by atoms with E-state index in [1.54, 1.807) is 6.07 Å². The molecule has 0 aromatic heterocycles. The maximum atomic E-state index is 11.7. The van der Waals surface area contributed by atoms with Crippen LogP contribution < -0.4 is 4.91 Å². The van der Waals surface area contributed by atoms with E-state index in [0.29, 0.717) is 11.0 Å². The number of aromatic hydroxyl groups is 1.